The molecule has 0 aliphatic rings. The van der Waals surface area contributed by atoms with E-state index in [-0.39, 0.29) is 6.61 Å². The number of halogens is 1. The van der Waals surface area contributed by atoms with Crippen LogP contribution in [0.5, 0.6) is 0 Å². The van der Waals surface area contributed by atoms with Crippen molar-refractivity contribution in [3.8, 4) is 0 Å². The first-order valence-electron chi connectivity index (χ1n) is 3.58. The molecule has 0 aliphatic carbocycles. The molecule has 1 atom stereocenters. The van der Waals surface area contributed by atoms with E-state index in [9.17, 15) is 0 Å². The Balaban J connectivity index is 2.96. The van der Waals surface area contributed by atoms with Gasteiger partial charge in [0.15, 0.2) is 0 Å². The van der Waals surface area contributed by atoms with Gasteiger partial charge >= 0.3 is 0 Å². The van der Waals surface area contributed by atoms with Crippen LogP contribution in [0.25, 0.3) is 0 Å². The topological polar surface area (TPSA) is 59.1 Å². The molecular weight excluding hydrogens is 176 g/mol. The lowest BCUT2D eigenvalue weighted by Gasteiger charge is -2.20. The number of nitrogens with zero attached hydrogens (tertiary/aromatic N) is 1. The second kappa shape index (κ2) is 3.39. The van der Waals surface area contributed by atoms with Gasteiger partial charge in [-0.3, -0.25) is 4.98 Å². The Morgan fingerprint density at radius 2 is 2.33 bits per heavy atom. The molecule has 66 valence electrons. The van der Waals surface area contributed by atoms with Gasteiger partial charge in [-0.2, -0.15) is 0 Å². The third kappa shape index (κ3) is 1.94. The summed E-state index contributed by atoms with van der Waals surface area (Å²) in [5.41, 5.74) is 5.58. The van der Waals surface area contributed by atoms with E-state index in [4.69, 9.17) is 22.4 Å². The Morgan fingerprint density at radius 3 is 2.75 bits per heavy atom. The Bertz CT molecular complexity index is 258. The summed E-state index contributed by atoms with van der Waals surface area (Å²) >= 11 is 5.64. The van der Waals surface area contributed by atoms with Crippen molar-refractivity contribution in [1.29, 1.82) is 0 Å². The molecule has 0 aliphatic heterocycles. The Morgan fingerprint density at radius 1 is 1.67 bits per heavy atom. The Kier molecular flexibility index (Phi) is 2.67. The molecule has 1 aromatic heterocycles. The minimum Gasteiger partial charge on any atom is -0.394 e. The summed E-state index contributed by atoms with van der Waals surface area (Å²) in [5, 5.41) is 9.48. The number of hydrogen-bond acceptors (Lipinski definition) is 3. The molecule has 3 nitrogen and oxygen atoms in total. The highest BCUT2D eigenvalue weighted by atomic mass is 35.5. The van der Waals surface area contributed by atoms with Gasteiger partial charge in [-0.25, -0.2) is 0 Å². The van der Waals surface area contributed by atoms with E-state index < -0.39 is 5.54 Å². The molecule has 0 bridgehead atoms. The maximum atomic E-state index is 8.92. The van der Waals surface area contributed by atoms with Crippen molar-refractivity contribution in [3.05, 3.63) is 29.0 Å². The number of aromatic nitrogens is 1. The highest BCUT2D eigenvalue weighted by Crippen LogP contribution is 2.15. The van der Waals surface area contributed by atoms with E-state index in [2.05, 4.69) is 4.98 Å². The zero-order chi connectivity index (χ0) is 9.19. The molecule has 1 aromatic rings. The van der Waals surface area contributed by atoms with Gasteiger partial charge in [-0.05, 0) is 19.1 Å². The van der Waals surface area contributed by atoms with E-state index in [0.717, 1.165) is 0 Å². The Hall–Kier alpha value is -0.640. The molecule has 1 rings (SSSR count). The second-order valence-electron chi connectivity index (χ2n) is 2.94. The molecule has 1 heterocycles. The fourth-order valence-electron chi connectivity index (χ4n) is 0.795. The zero-order valence-electron chi connectivity index (χ0n) is 6.79. The van der Waals surface area contributed by atoms with E-state index in [1.165, 1.54) is 6.20 Å². The SMILES string of the molecule is C[C@@](N)(CO)c1ccc(Cl)cn1. The van der Waals surface area contributed by atoms with Gasteiger partial charge in [0.25, 0.3) is 0 Å². The van der Waals surface area contributed by atoms with Gasteiger partial charge < -0.3 is 10.8 Å². The van der Waals surface area contributed by atoms with Crippen LogP contribution in [0.3, 0.4) is 0 Å². The van der Waals surface area contributed by atoms with Crippen LogP contribution >= 0.6 is 11.6 Å². The van der Waals surface area contributed by atoms with Gasteiger partial charge in [0.1, 0.15) is 0 Å². The van der Waals surface area contributed by atoms with Crippen LogP contribution in [0.4, 0.5) is 0 Å². The first kappa shape index (κ1) is 9.45. The summed E-state index contributed by atoms with van der Waals surface area (Å²) in [4.78, 5) is 4.00. The fraction of sp³-hybridized carbons (Fsp3) is 0.375. The van der Waals surface area contributed by atoms with Gasteiger partial charge in [-0.1, -0.05) is 11.6 Å². The maximum absolute atomic E-state index is 8.92. The van der Waals surface area contributed by atoms with Crippen molar-refractivity contribution >= 4 is 11.6 Å². The number of nitrogens with two attached hydrogens (primary N) is 1. The lowest BCUT2D eigenvalue weighted by Crippen LogP contribution is -2.37. The lowest BCUT2D eigenvalue weighted by atomic mass is 10.0. The monoisotopic (exact) mass is 186 g/mol. The van der Waals surface area contributed by atoms with Gasteiger partial charge in [0, 0.05) is 6.20 Å². The van der Waals surface area contributed by atoms with Crippen molar-refractivity contribution in [2.45, 2.75) is 12.5 Å². The number of aliphatic hydroxyl groups excluding tert-OH is 1. The highest BCUT2D eigenvalue weighted by Gasteiger charge is 2.20. The molecule has 3 N–H and O–H groups in total. The molecule has 0 saturated heterocycles. The molecule has 0 aromatic carbocycles. The van der Waals surface area contributed by atoms with Crippen LogP contribution in [-0.4, -0.2) is 16.7 Å². The molecule has 12 heavy (non-hydrogen) atoms. The van der Waals surface area contributed by atoms with Crippen molar-refractivity contribution in [2.75, 3.05) is 6.61 Å². The molecule has 4 heteroatoms. The highest BCUT2D eigenvalue weighted by molar-refractivity contribution is 6.30. The quantitative estimate of drug-likeness (QED) is 0.722. The maximum Gasteiger partial charge on any atom is 0.0789 e. The summed E-state index contributed by atoms with van der Waals surface area (Å²) in [6.45, 7) is 1.57. The van der Waals surface area contributed by atoms with Crippen LogP contribution in [0.1, 0.15) is 12.6 Å². The normalized spacial score (nSPS) is 15.7. The molecular formula is C8H11ClN2O. The van der Waals surface area contributed by atoms with E-state index >= 15 is 0 Å². The summed E-state index contributed by atoms with van der Waals surface area (Å²) in [5.74, 6) is 0. The predicted molar refractivity (Wildman–Crippen MR) is 47.9 cm³/mol. The first-order chi connectivity index (χ1) is 5.56. The smallest absolute Gasteiger partial charge is 0.0789 e. The van der Waals surface area contributed by atoms with E-state index in [0.29, 0.717) is 10.7 Å². The average Bonchev–Trinajstić information content (AvgIpc) is 2.05. The lowest BCUT2D eigenvalue weighted by molar-refractivity contribution is 0.207. The van der Waals surface area contributed by atoms with Crippen LogP contribution in [-0.2, 0) is 5.54 Å². The zero-order valence-corrected chi connectivity index (χ0v) is 7.54. The molecule has 0 radical (unpaired) electrons. The number of rotatable bonds is 2. The minimum atomic E-state index is -0.787. The molecule has 0 spiro atoms. The summed E-state index contributed by atoms with van der Waals surface area (Å²) in [7, 11) is 0. The van der Waals surface area contributed by atoms with E-state index in [1.807, 2.05) is 0 Å². The van der Waals surface area contributed by atoms with E-state index in [1.54, 1.807) is 19.1 Å². The summed E-state index contributed by atoms with van der Waals surface area (Å²) in [6, 6.07) is 3.41. The number of hydrogen-bond donors (Lipinski definition) is 2. The number of aliphatic hydroxyl groups is 1. The molecule has 0 unspecified atom stereocenters. The first-order valence-corrected chi connectivity index (χ1v) is 3.96. The summed E-state index contributed by atoms with van der Waals surface area (Å²) in [6.07, 6.45) is 1.51. The molecule has 0 fully saturated rings. The third-order valence-corrected chi connectivity index (χ3v) is 1.86. The third-order valence-electron chi connectivity index (χ3n) is 1.64. The van der Waals surface area contributed by atoms with Crippen LogP contribution in [0.15, 0.2) is 18.3 Å². The van der Waals surface area contributed by atoms with Crippen LogP contribution in [0.2, 0.25) is 5.02 Å². The Labute approximate surface area is 76.2 Å². The van der Waals surface area contributed by atoms with Gasteiger partial charge in [0.2, 0.25) is 0 Å². The standard InChI is InChI=1S/C8H11ClN2O/c1-8(10,5-12)7-3-2-6(9)4-11-7/h2-4,12H,5,10H2,1H3/t8-/m1/s1. The molecule has 0 amide bonds. The fourth-order valence-corrected chi connectivity index (χ4v) is 0.906. The molecule has 0 saturated carbocycles. The van der Waals surface area contributed by atoms with Crippen LogP contribution < -0.4 is 5.73 Å². The largest absolute Gasteiger partial charge is 0.394 e. The van der Waals surface area contributed by atoms with Gasteiger partial charge in [0.05, 0.1) is 22.9 Å². The summed E-state index contributed by atoms with van der Waals surface area (Å²) < 4.78 is 0. The minimum absolute atomic E-state index is 0.137. The number of pyridine rings is 1. The van der Waals surface area contributed by atoms with Crippen molar-refractivity contribution < 1.29 is 5.11 Å². The second-order valence-corrected chi connectivity index (χ2v) is 3.37. The average molecular weight is 187 g/mol. The van der Waals surface area contributed by atoms with Crippen molar-refractivity contribution in [2.24, 2.45) is 5.73 Å². The predicted octanol–water partition coefficient (Wildman–Crippen LogP) is 0.901. The van der Waals surface area contributed by atoms with Crippen molar-refractivity contribution in [1.82, 2.24) is 4.98 Å². The van der Waals surface area contributed by atoms with Crippen LogP contribution in [0, 0.1) is 0 Å². The van der Waals surface area contributed by atoms with Crippen molar-refractivity contribution in [3.63, 3.8) is 0 Å². The van der Waals surface area contributed by atoms with Gasteiger partial charge in [-0.15, -0.1) is 0 Å².